The number of hydrogen-bond donors (Lipinski definition) is 0. The summed E-state index contributed by atoms with van der Waals surface area (Å²) in [5, 5.41) is 0. The first kappa shape index (κ1) is 8.77. The maximum absolute atomic E-state index is 10.7. The SMILES string of the molecule is O=CCc1c2c(cc3c1OCC3)OCC2. The lowest BCUT2D eigenvalue weighted by Gasteiger charge is -2.10. The Hall–Kier alpha value is -1.51. The van der Waals surface area contributed by atoms with Crippen LogP contribution in [0.5, 0.6) is 11.5 Å². The average molecular weight is 204 g/mol. The molecule has 0 aliphatic carbocycles. The van der Waals surface area contributed by atoms with Gasteiger partial charge in [-0.3, -0.25) is 0 Å². The van der Waals surface area contributed by atoms with Gasteiger partial charge in [0, 0.05) is 36.0 Å². The number of rotatable bonds is 2. The fraction of sp³-hybridized carbons (Fsp3) is 0.417. The molecule has 0 saturated carbocycles. The van der Waals surface area contributed by atoms with E-state index in [0.717, 1.165) is 49.4 Å². The van der Waals surface area contributed by atoms with Crippen LogP contribution in [0.15, 0.2) is 6.07 Å². The molecule has 15 heavy (non-hydrogen) atoms. The largest absolute Gasteiger partial charge is 0.493 e. The first-order valence-electron chi connectivity index (χ1n) is 5.27. The van der Waals surface area contributed by atoms with Gasteiger partial charge in [0.1, 0.15) is 17.8 Å². The van der Waals surface area contributed by atoms with Gasteiger partial charge < -0.3 is 14.3 Å². The molecule has 3 rings (SSSR count). The minimum absolute atomic E-state index is 0.439. The zero-order valence-corrected chi connectivity index (χ0v) is 8.41. The average Bonchev–Trinajstić information content (AvgIpc) is 2.84. The van der Waals surface area contributed by atoms with Crippen molar-refractivity contribution in [2.45, 2.75) is 19.3 Å². The minimum atomic E-state index is 0.439. The van der Waals surface area contributed by atoms with Crippen LogP contribution in [0, 0.1) is 0 Å². The summed E-state index contributed by atoms with van der Waals surface area (Å²) < 4.78 is 11.1. The fourth-order valence-corrected chi connectivity index (χ4v) is 2.38. The lowest BCUT2D eigenvalue weighted by Crippen LogP contribution is -1.97. The molecule has 0 atom stereocenters. The van der Waals surface area contributed by atoms with E-state index in [4.69, 9.17) is 9.47 Å². The molecule has 3 nitrogen and oxygen atoms in total. The van der Waals surface area contributed by atoms with E-state index in [2.05, 4.69) is 6.07 Å². The molecule has 0 saturated heterocycles. The van der Waals surface area contributed by atoms with Crippen LogP contribution in [0.4, 0.5) is 0 Å². The Balaban J connectivity index is 2.19. The van der Waals surface area contributed by atoms with Gasteiger partial charge in [0.25, 0.3) is 0 Å². The van der Waals surface area contributed by atoms with E-state index in [9.17, 15) is 4.79 Å². The molecule has 2 aliphatic rings. The molecule has 78 valence electrons. The topological polar surface area (TPSA) is 35.5 Å². The standard InChI is InChI=1S/C12H12O3/c13-4-1-10-9-3-6-14-11(9)7-8-2-5-15-12(8)10/h4,7H,1-3,5-6H2. The summed E-state index contributed by atoms with van der Waals surface area (Å²) >= 11 is 0. The van der Waals surface area contributed by atoms with Crippen molar-refractivity contribution in [3.05, 3.63) is 22.8 Å². The normalized spacial score (nSPS) is 16.5. The Bertz CT molecular complexity index is 391. The third-order valence-corrected chi connectivity index (χ3v) is 3.05. The molecule has 0 N–H and O–H groups in total. The predicted octanol–water partition coefficient (Wildman–Crippen LogP) is 1.30. The van der Waals surface area contributed by atoms with Crippen molar-refractivity contribution in [1.82, 2.24) is 0 Å². The van der Waals surface area contributed by atoms with Gasteiger partial charge in [-0.05, 0) is 6.07 Å². The molecule has 1 aromatic carbocycles. The molecule has 0 spiro atoms. The summed E-state index contributed by atoms with van der Waals surface area (Å²) in [4.78, 5) is 10.7. The van der Waals surface area contributed by atoms with Crippen molar-refractivity contribution in [2.75, 3.05) is 13.2 Å². The summed E-state index contributed by atoms with van der Waals surface area (Å²) in [6.45, 7) is 1.45. The lowest BCUT2D eigenvalue weighted by atomic mass is 9.98. The third kappa shape index (κ3) is 1.23. The molecule has 0 unspecified atom stereocenters. The van der Waals surface area contributed by atoms with Crippen LogP contribution in [0.2, 0.25) is 0 Å². The Morgan fingerprint density at radius 2 is 2.13 bits per heavy atom. The van der Waals surface area contributed by atoms with Gasteiger partial charge in [-0.25, -0.2) is 0 Å². The van der Waals surface area contributed by atoms with Crippen LogP contribution < -0.4 is 9.47 Å². The maximum atomic E-state index is 10.7. The van der Waals surface area contributed by atoms with Crippen LogP contribution >= 0.6 is 0 Å². The van der Waals surface area contributed by atoms with E-state index >= 15 is 0 Å². The number of aldehydes is 1. The molecule has 1 aromatic rings. The molecule has 0 bridgehead atoms. The smallest absolute Gasteiger partial charge is 0.126 e. The van der Waals surface area contributed by atoms with E-state index in [1.54, 1.807) is 0 Å². The molecule has 0 amide bonds. The van der Waals surface area contributed by atoms with Crippen molar-refractivity contribution in [2.24, 2.45) is 0 Å². The summed E-state index contributed by atoms with van der Waals surface area (Å²) in [6.07, 6.45) is 3.21. The summed E-state index contributed by atoms with van der Waals surface area (Å²) in [7, 11) is 0. The molecular formula is C12H12O3. The Kier molecular flexibility index (Phi) is 1.91. The van der Waals surface area contributed by atoms with Gasteiger partial charge in [-0.15, -0.1) is 0 Å². The molecule has 0 fully saturated rings. The number of ether oxygens (including phenoxy) is 2. The highest BCUT2D eigenvalue weighted by Gasteiger charge is 2.25. The van der Waals surface area contributed by atoms with Crippen LogP contribution in [-0.4, -0.2) is 19.5 Å². The molecule has 0 aromatic heterocycles. The number of carbonyl (C=O) groups is 1. The van der Waals surface area contributed by atoms with E-state index < -0.39 is 0 Å². The Morgan fingerprint density at radius 3 is 3.00 bits per heavy atom. The van der Waals surface area contributed by atoms with Gasteiger partial charge in [0.2, 0.25) is 0 Å². The number of benzene rings is 1. The van der Waals surface area contributed by atoms with Gasteiger partial charge >= 0.3 is 0 Å². The van der Waals surface area contributed by atoms with E-state index in [1.807, 2.05) is 0 Å². The van der Waals surface area contributed by atoms with E-state index in [0.29, 0.717) is 6.42 Å². The minimum Gasteiger partial charge on any atom is -0.493 e. The fourth-order valence-electron chi connectivity index (χ4n) is 2.38. The first-order chi connectivity index (χ1) is 7.40. The molecular weight excluding hydrogens is 192 g/mol. The molecule has 2 aliphatic heterocycles. The highest BCUT2D eigenvalue weighted by atomic mass is 16.5. The molecule has 0 radical (unpaired) electrons. The Morgan fingerprint density at radius 1 is 1.27 bits per heavy atom. The number of fused-ring (bicyclic) bond motifs is 2. The second kappa shape index (κ2) is 3.26. The number of carbonyl (C=O) groups excluding carboxylic acids is 1. The molecule has 2 heterocycles. The van der Waals surface area contributed by atoms with Crippen molar-refractivity contribution in [3.63, 3.8) is 0 Å². The highest BCUT2D eigenvalue weighted by molar-refractivity contribution is 5.65. The van der Waals surface area contributed by atoms with Crippen molar-refractivity contribution >= 4 is 6.29 Å². The second-order valence-electron chi connectivity index (χ2n) is 3.89. The van der Waals surface area contributed by atoms with Crippen LogP contribution in [-0.2, 0) is 24.1 Å². The van der Waals surface area contributed by atoms with Gasteiger partial charge in [-0.1, -0.05) is 0 Å². The van der Waals surface area contributed by atoms with Crippen LogP contribution in [0.25, 0.3) is 0 Å². The monoisotopic (exact) mass is 204 g/mol. The van der Waals surface area contributed by atoms with Crippen LogP contribution in [0.1, 0.15) is 16.7 Å². The van der Waals surface area contributed by atoms with Crippen molar-refractivity contribution in [3.8, 4) is 11.5 Å². The molecule has 3 heteroatoms. The second-order valence-corrected chi connectivity index (χ2v) is 3.89. The van der Waals surface area contributed by atoms with Gasteiger partial charge in [0.15, 0.2) is 0 Å². The quantitative estimate of drug-likeness (QED) is 0.681. The van der Waals surface area contributed by atoms with Gasteiger partial charge in [0.05, 0.1) is 13.2 Å². The zero-order valence-electron chi connectivity index (χ0n) is 8.41. The maximum Gasteiger partial charge on any atom is 0.126 e. The van der Waals surface area contributed by atoms with E-state index in [1.165, 1.54) is 11.1 Å². The third-order valence-electron chi connectivity index (χ3n) is 3.05. The summed E-state index contributed by atoms with van der Waals surface area (Å²) in [5.41, 5.74) is 3.41. The summed E-state index contributed by atoms with van der Waals surface area (Å²) in [5.74, 6) is 1.89. The highest BCUT2D eigenvalue weighted by Crippen LogP contribution is 2.40. The Labute approximate surface area is 88.0 Å². The first-order valence-corrected chi connectivity index (χ1v) is 5.27. The zero-order chi connectivity index (χ0) is 10.3. The number of hydrogen-bond acceptors (Lipinski definition) is 3. The van der Waals surface area contributed by atoms with Gasteiger partial charge in [-0.2, -0.15) is 0 Å². The predicted molar refractivity (Wildman–Crippen MR) is 54.6 cm³/mol. The van der Waals surface area contributed by atoms with E-state index in [-0.39, 0.29) is 0 Å². The van der Waals surface area contributed by atoms with Crippen molar-refractivity contribution in [1.29, 1.82) is 0 Å². The van der Waals surface area contributed by atoms with Crippen LogP contribution in [0.3, 0.4) is 0 Å². The lowest BCUT2D eigenvalue weighted by molar-refractivity contribution is -0.107. The summed E-state index contributed by atoms with van der Waals surface area (Å²) in [6, 6.07) is 2.07. The van der Waals surface area contributed by atoms with Crippen molar-refractivity contribution < 1.29 is 14.3 Å².